The molecule has 0 saturated heterocycles. The molecule has 1 aromatic heterocycles. The van der Waals surface area contributed by atoms with Gasteiger partial charge in [-0.25, -0.2) is 0 Å². The van der Waals surface area contributed by atoms with Crippen molar-refractivity contribution >= 4 is 5.91 Å². The molecule has 0 radical (unpaired) electrons. The minimum absolute atomic E-state index is 0.119. The van der Waals surface area contributed by atoms with Crippen LogP contribution in [0.2, 0.25) is 0 Å². The standard InChI is InChI=1S/C15H16N4O/c1-10(14-9-17-19(3)11(14)2)18-15(20)13-6-4-12(8-16)5-7-13/h4-7,9-10H,1-3H3,(H,18,20)/t10-/m0/s1. The van der Waals surface area contributed by atoms with E-state index in [0.29, 0.717) is 11.1 Å². The van der Waals surface area contributed by atoms with Crippen molar-refractivity contribution in [1.29, 1.82) is 5.26 Å². The highest BCUT2D eigenvalue weighted by Gasteiger charge is 2.15. The van der Waals surface area contributed by atoms with E-state index in [4.69, 9.17) is 5.26 Å². The molecule has 0 spiro atoms. The molecular weight excluding hydrogens is 252 g/mol. The summed E-state index contributed by atoms with van der Waals surface area (Å²) >= 11 is 0. The van der Waals surface area contributed by atoms with Crippen molar-refractivity contribution in [3.63, 3.8) is 0 Å². The molecule has 0 fully saturated rings. The van der Waals surface area contributed by atoms with Gasteiger partial charge in [0.2, 0.25) is 0 Å². The van der Waals surface area contributed by atoms with E-state index in [-0.39, 0.29) is 11.9 Å². The van der Waals surface area contributed by atoms with E-state index in [1.807, 2.05) is 27.0 Å². The molecule has 0 aliphatic rings. The predicted octanol–water partition coefficient (Wildman–Crippen LogP) is 2.09. The summed E-state index contributed by atoms with van der Waals surface area (Å²) in [7, 11) is 1.87. The van der Waals surface area contributed by atoms with Gasteiger partial charge in [0, 0.05) is 23.9 Å². The molecule has 1 aromatic carbocycles. The number of aromatic nitrogens is 2. The zero-order chi connectivity index (χ0) is 14.7. The van der Waals surface area contributed by atoms with Crippen LogP contribution in [0.1, 0.15) is 40.1 Å². The lowest BCUT2D eigenvalue weighted by molar-refractivity contribution is 0.0940. The van der Waals surface area contributed by atoms with E-state index in [1.165, 1.54) is 0 Å². The molecule has 2 aromatic rings. The molecular formula is C15H16N4O. The van der Waals surface area contributed by atoms with Crippen molar-refractivity contribution in [1.82, 2.24) is 15.1 Å². The first-order valence-electron chi connectivity index (χ1n) is 6.32. The van der Waals surface area contributed by atoms with Gasteiger partial charge in [-0.2, -0.15) is 10.4 Å². The number of carbonyl (C=O) groups excluding carboxylic acids is 1. The zero-order valence-electron chi connectivity index (χ0n) is 11.7. The van der Waals surface area contributed by atoms with E-state index in [1.54, 1.807) is 35.1 Å². The first-order chi connectivity index (χ1) is 9.52. The lowest BCUT2D eigenvalue weighted by atomic mass is 10.1. The van der Waals surface area contributed by atoms with Gasteiger partial charge in [0.05, 0.1) is 23.9 Å². The Hall–Kier alpha value is -2.61. The Morgan fingerprint density at radius 2 is 2.05 bits per heavy atom. The maximum atomic E-state index is 12.1. The fraction of sp³-hybridized carbons (Fsp3) is 0.267. The SMILES string of the molecule is Cc1c([C@H](C)NC(=O)c2ccc(C#N)cc2)cnn1C. The molecule has 1 amide bonds. The second-order valence-corrected chi connectivity index (χ2v) is 4.69. The van der Waals surface area contributed by atoms with E-state index >= 15 is 0 Å². The van der Waals surface area contributed by atoms with Gasteiger partial charge >= 0.3 is 0 Å². The van der Waals surface area contributed by atoms with Crippen LogP contribution in [-0.2, 0) is 7.05 Å². The summed E-state index contributed by atoms with van der Waals surface area (Å²) in [4.78, 5) is 12.1. The van der Waals surface area contributed by atoms with Crippen molar-refractivity contribution in [2.45, 2.75) is 19.9 Å². The monoisotopic (exact) mass is 268 g/mol. The van der Waals surface area contributed by atoms with Crippen molar-refractivity contribution < 1.29 is 4.79 Å². The van der Waals surface area contributed by atoms with Gasteiger partial charge in [-0.15, -0.1) is 0 Å². The Bertz CT molecular complexity index is 664. The second kappa shape index (κ2) is 5.57. The quantitative estimate of drug-likeness (QED) is 0.926. The highest BCUT2D eigenvalue weighted by atomic mass is 16.1. The summed E-state index contributed by atoms with van der Waals surface area (Å²) in [5.74, 6) is -0.162. The summed E-state index contributed by atoms with van der Waals surface area (Å²) in [6, 6.07) is 8.48. The Morgan fingerprint density at radius 1 is 1.40 bits per heavy atom. The molecule has 0 saturated carbocycles. The average Bonchev–Trinajstić information content (AvgIpc) is 2.79. The van der Waals surface area contributed by atoms with E-state index < -0.39 is 0 Å². The molecule has 20 heavy (non-hydrogen) atoms. The Kier molecular flexibility index (Phi) is 3.85. The number of nitriles is 1. The summed E-state index contributed by atoms with van der Waals surface area (Å²) in [6.07, 6.45) is 1.76. The second-order valence-electron chi connectivity index (χ2n) is 4.69. The topological polar surface area (TPSA) is 70.7 Å². The maximum absolute atomic E-state index is 12.1. The molecule has 5 nitrogen and oxygen atoms in total. The summed E-state index contributed by atoms with van der Waals surface area (Å²) < 4.78 is 1.78. The van der Waals surface area contributed by atoms with Gasteiger partial charge in [-0.1, -0.05) is 0 Å². The summed E-state index contributed by atoms with van der Waals surface area (Å²) in [6.45, 7) is 3.89. The van der Waals surface area contributed by atoms with Gasteiger partial charge in [-0.05, 0) is 38.1 Å². The van der Waals surface area contributed by atoms with Crippen molar-refractivity contribution in [2.24, 2.45) is 7.05 Å². The average molecular weight is 268 g/mol. The smallest absolute Gasteiger partial charge is 0.251 e. The van der Waals surface area contributed by atoms with Gasteiger partial charge < -0.3 is 5.32 Å². The Labute approximate surface area is 117 Å². The third-order valence-electron chi connectivity index (χ3n) is 3.36. The fourth-order valence-electron chi connectivity index (χ4n) is 1.99. The van der Waals surface area contributed by atoms with E-state index in [0.717, 1.165) is 11.3 Å². The first-order valence-corrected chi connectivity index (χ1v) is 6.32. The molecule has 0 aliphatic carbocycles. The Balaban J connectivity index is 2.11. The van der Waals surface area contributed by atoms with Gasteiger partial charge in [0.1, 0.15) is 0 Å². The highest BCUT2D eigenvalue weighted by molar-refractivity contribution is 5.94. The van der Waals surface area contributed by atoms with Crippen LogP contribution in [0.15, 0.2) is 30.5 Å². The van der Waals surface area contributed by atoms with Crippen LogP contribution in [-0.4, -0.2) is 15.7 Å². The first kappa shape index (κ1) is 13.8. The number of amides is 1. The Morgan fingerprint density at radius 3 is 2.55 bits per heavy atom. The highest BCUT2D eigenvalue weighted by Crippen LogP contribution is 2.16. The van der Waals surface area contributed by atoms with Gasteiger partial charge in [0.15, 0.2) is 0 Å². The predicted molar refractivity (Wildman–Crippen MR) is 75.0 cm³/mol. The van der Waals surface area contributed by atoms with Crippen LogP contribution in [0.3, 0.4) is 0 Å². The molecule has 5 heteroatoms. The summed E-state index contributed by atoms with van der Waals surface area (Å²) in [5, 5.41) is 15.8. The number of nitrogens with one attached hydrogen (secondary N) is 1. The largest absolute Gasteiger partial charge is 0.345 e. The zero-order valence-corrected chi connectivity index (χ0v) is 11.7. The molecule has 1 heterocycles. The summed E-state index contributed by atoms with van der Waals surface area (Å²) in [5.41, 5.74) is 3.10. The van der Waals surface area contributed by atoms with Crippen LogP contribution >= 0.6 is 0 Å². The minimum atomic E-state index is -0.162. The number of aryl methyl sites for hydroxylation is 1. The van der Waals surface area contributed by atoms with Gasteiger partial charge in [0.25, 0.3) is 5.91 Å². The van der Waals surface area contributed by atoms with Gasteiger partial charge in [-0.3, -0.25) is 9.48 Å². The van der Waals surface area contributed by atoms with Crippen molar-refractivity contribution in [3.8, 4) is 6.07 Å². The lowest BCUT2D eigenvalue weighted by Gasteiger charge is -2.13. The molecule has 1 atom stereocenters. The molecule has 2 rings (SSSR count). The van der Waals surface area contributed by atoms with E-state index in [2.05, 4.69) is 10.4 Å². The fourth-order valence-corrected chi connectivity index (χ4v) is 1.99. The third-order valence-corrected chi connectivity index (χ3v) is 3.36. The van der Waals surface area contributed by atoms with Crippen LogP contribution < -0.4 is 5.32 Å². The normalized spacial score (nSPS) is 11.7. The number of hydrogen-bond donors (Lipinski definition) is 1. The van der Waals surface area contributed by atoms with Crippen LogP contribution in [0.5, 0.6) is 0 Å². The van der Waals surface area contributed by atoms with Crippen LogP contribution in [0.25, 0.3) is 0 Å². The molecule has 0 unspecified atom stereocenters. The van der Waals surface area contributed by atoms with Crippen LogP contribution in [0, 0.1) is 18.3 Å². The number of nitrogens with zero attached hydrogens (tertiary/aromatic N) is 3. The van der Waals surface area contributed by atoms with E-state index in [9.17, 15) is 4.79 Å². The molecule has 0 bridgehead atoms. The number of carbonyl (C=O) groups is 1. The number of benzene rings is 1. The molecule has 0 aliphatic heterocycles. The van der Waals surface area contributed by atoms with Crippen LogP contribution in [0.4, 0.5) is 0 Å². The molecule has 102 valence electrons. The van der Waals surface area contributed by atoms with Crippen molar-refractivity contribution in [3.05, 3.63) is 52.8 Å². The minimum Gasteiger partial charge on any atom is -0.345 e. The third kappa shape index (κ3) is 2.69. The van der Waals surface area contributed by atoms with Crippen molar-refractivity contribution in [2.75, 3.05) is 0 Å². The number of hydrogen-bond acceptors (Lipinski definition) is 3. The maximum Gasteiger partial charge on any atom is 0.251 e. The number of rotatable bonds is 3. The lowest BCUT2D eigenvalue weighted by Crippen LogP contribution is -2.26. The molecule has 1 N–H and O–H groups in total.